The number of rotatable bonds is 7. The summed E-state index contributed by atoms with van der Waals surface area (Å²) in [6.07, 6.45) is 1.19. The van der Waals surface area contributed by atoms with Gasteiger partial charge >= 0.3 is 0 Å². The van der Waals surface area contributed by atoms with E-state index in [2.05, 4.69) is 128 Å². The van der Waals surface area contributed by atoms with Gasteiger partial charge in [-0.2, -0.15) is 0 Å². The molecule has 0 spiro atoms. The summed E-state index contributed by atoms with van der Waals surface area (Å²) in [5.41, 5.74) is 0.585. The van der Waals surface area contributed by atoms with E-state index in [4.69, 9.17) is 0 Å². The third-order valence-electron chi connectivity index (χ3n) is 5.09. The zero-order valence-corrected chi connectivity index (χ0v) is 18.5. The molecule has 0 heterocycles. The van der Waals surface area contributed by atoms with E-state index in [-0.39, 0.29) is 7.92 Å². The molecule has 4 aromatic rings. The van der Waals surface area contributed by atoms with Gasteiger partial charge in [-0.15, -0.1) is 0 Å². The highest BCUT2D eigenvalue weighted by Crippen LogP contribution is 2.46. The van der Waals surface area contributed by atoms with Crippen LogP contribution in [0.1, 0.15) is 6.92 Å². The average molecular weight is 412 g/mol. The SMILES string of the molecule is C[C@H](CP(c1ccccc1)c1ccccc1)P(c1ccccc1)c1ccccc1. The van der Waals surface area contributed by atoms with Crippen molar-refractivity contribution in [3.63, 3.8) is 0 Å². The average Bonchev–Trinajstić information content (AvgIpc) is 2.80. The third kappa shape index (κ3) is 5.02. The molecule has 0 amide bonds. The van der Waals surface area contributed by atoms with Crippen molar-refractivity contribution in [2.75, 3.05) is 6.16 Å². The van der Waals surface area contributed by atoms with Crippen molar-refractivity contribution < 1.29 is 0 Å². The van der Waals surface area contributed by atoms with Crippen molar-refractivity contribution >= 4 is 37.1 Å². The molecule has 4 rings (SSSR count). The van der Waals surface area contributed by atoms with E-state index in [9.17, 15) is 0 Å². The van der Waals surface area contributed by atoms with Crippen molar-refractivity contribution in [1.29, 1.82) is 0 Å². The van der Waals surface area contributed by atoms with Gasteiger partial charge in [0.1, 0.15) is 0 Å². The molecule has 0 fully saturated rings. The Morgan fingerprint density at radius 2 is 0.793 bits per heavy atom. The van der Waals surface area contributed by atoms with Gasteiger partial charge in [0.2, 0.25) is 0 Å². The van der Waals surface area contributed by atoms with E-state index in [1.54, 1.807) is 0 Å². The van der Waals surface area contributed by atoms with E-state index >= 15 is 0 Å². The lowest BCUT2D eigenvalue weighted by molar-refractivity contribution is 1.11. The number of hydrogen-bond donors (Lipinski definition) is 0. The largest absolute Gasteiger partial charge is 0.0622 e. The van der Waals surface area contributed by atoms with Crippen molar-refractivity contribution in [3.05, 3.63) is 121 Å². The molecule has 4 aromatic carbocycles. The Hall–Kier alpha value is -2.26. The zero-order chi connectivity index (χ0) is 19.9. The molecule has 0 saturated carbocycles. The number of hydrogen-bond acceptors (Lipinski definition) is 0. The molecule has 0 unspecified atom stereocenters. The second-order valence-corrected chi connectivity index (χ2v) is 12.1. The highest BCUT2D eigenvalue weighted by atomic mass is 31.1. The molecule has 0 aliphatic carbocycles. The van der Waals surface area contributed by atoms with Gasteiger partial charge in [0, 0.05) is 0 Å². The van der Waals surface area contributed by atoms with Crippen LogP contribution < -0.4 is 21.2 Å². The van der Waals surface area contributed by atoms with Gasteiger partial charge in [0.25, 0.3) is 0 Å². The second kappa shape index (κ2) is 9.98. The lowest BCUT2D eigenvalue weighted by Gasteiger charge is -2.30. The monoisotopic (exact) mass is 412 g/mol. The Kier molecular flexibility index (Phi) is 6.89. The summed E-state index contributed by atoms with van der Waals surface area (Å²) < 4.78 is 0. The Morgan fingerprint density at radius 3 is 1.14 bits per heavy atom. The highest BCUT2D eigenvalue weighted by Gasteiger charge is 2.25. The van der Waals surface area contributed by atoms with E-state index in [0.717, 1.165) is 0 Å². The van der Waals surface area contributed by atoms with Crippen LogP contribution in [0, 0.1) is 0 Å². The first-order chi connectivity index (χ1) is 14.3. The lowest BCUT2D eigenvalue weighted by Crippen LogP contribution is -2.25. The first-order valence-electron chi connectivity index (χ1n) is 10.1. The maximum absolute atomic E-state index is 2.45. The van der Waals surface area contributed by atoms with Crippen molar-refractivity contribution in [1.82, 2.24) is 0 Å². The zero-order valence-electron chi connectivity index (χ0n) is 16.7. The molecule has 0 aliphatic rings. The maximum atomic E-state index is 2.45. The maximum Gasteiger partial charge on any atom is -0.0112 e. The minimum absolute atomic E-state index is 0.387. The molecule has 0 N–H and O–H groups in total. The summed E-state index contributed by atoms with van der Waals surface area (Å²) in [6.45, 7) is 2.45. The molecule has 29 heavy (non-hydrogen) atoms. The van der Waals surface area contributed by atoms with Crippen LogP contribution >= 0.6 is 15.8 Å². The van der Waals surface area contributed by atoms with Crippen molar-refractivity contribution in [2.24, 2.45) is 0 Å². The smallest absolute Gasteiger partial charge is 0.0112 e. The number of benzene rings is 4. The fourth-order valence-corrected chi connectivity index (χ4v) is 9.51. The van der Waals surface area contributed by atoms with Gasteiger partial charge in [-0.3, -0.25) is 0 Å². The summed E-state index contributed by atoms with van der Waals surface area (Å²) in [5, 5.41) is 5.88. The molecule has 1 atom stereocenters. The molecule has 0 radical (unpaired) electrons. The van der Waals surface area contributed by atoms with Gasteiger partial charge in [-0.1, -0.05) is 128 Å². The standard InChI is InChI=1S/C27H26P2/c1-23(29(26-18-10-4-11-19-26)27-20-12-5-13-21-27)22-28(24-14-6-2-7-15-24)25-16-8-3-9-17-25/h2-21,23H,22H2,1H3/t23-/m1/s1. The summed E-state index contributed by atoms with van der Waals surface area (Å²) in [6, 6.07) is 44.3. The van der Waals surface area contributed by atoms with E-state index in [1.807, 2.05) is 0 Å². The summed E-state index contributed by atoms with van der Waals surface area (Å²) in [7, 11) is -0.796. The Balaban J connectivity index is 1.70. The van der Waals surface area contributed by atoms with Crippen LogP contribution in [0.25, 0.3) is 0 Å². The summed E-state index contributed by atoms with van der Waals surface area (Å²) in [4.78, 5) is 0. The van der Waals surface area contributed by atoms with E-state index in [0.29, 0.717) is 5.66 Å². The molecular weight excluding hydrogens is 386 g/mol. The van der Waals surface area contributed by atoms with Gasteiger partial charge in [0.05, 0.1) is 0 Å². The van der Waals surface area contributed by atoms with E-state index < -0.39 is 7.92 Å². The Bertz CT molecular complexity index is 907. The van der Waals surface area contributed by atoms with E-state index in [1.165, 1.54) is 27.4 Å². The highest BCUT2D eigenvalue weighted by molar-refractivity contribution is 7.77. The van der Waals surface area contributed by atoms with Crippen molar-refractivity contribution in [2.45, 2.75) is 12.6 Å². The Morgan fingerprint density at radius 1 is 0.483 bits per heavy atom. The quantitative estimate of drug-likeness (QED) is 0.345. The van der Waals surface area contributed by atoms with Crippen LogP contribution in [-0.4, -0.2) is 11.8 Å². The topological polar surface area (TPSA) is 0 Å². The third-order valence-corrected chi connectivity index (χ3v) is 10.9. The lowest BCUT2D eigenvalue weighted by atomic mass is 10.4. The molecule has 0 aromatic heterocycles. The molecular formula is C27H26P2. The molecule has 144 valence electrons. The normalized spacial score (nSPS) is 12.2. The van der Waals surface area contributed by atoms with Gasteiger partial charge < -0.3 is 0 Å². The summed E-state index contributed by atoms with van der Waals surface area (Å²) in [5.74, 6) is 0. The fourth-order valence-electron chi connectivity index (χ4n) is 3.76. The van der Waals surface area contributed by atoms with Gasteiger partial charge in [0.15, 0.2) is 0 Å². The summed E-state index contributed by atoms with van der Waals surface area (Å²) >= 11 is 0. The van der Waals surface area contributed by atoms with Crippen LogP contribution in [0.15, 0.2) is 121 Å². The minimum Gasteiger partial charge on any atom is -0.0622 e. The molecule has 0 nitrogen and oxygen atoms in total. The van der Waals surface area contributed by atoms with Crippen LogP contribution in [0.2, 0.25) is 0 Å². The van der Waals surface area contributed by atoms with Crippen LogP contribution in [0.5, 0.6) is 0 Å². The van der Waals surface area contributed by atoms with Crippen LogP contribution in [0.4, 0.5) is 0 Å². The van der Waals surface area contributed by atoms with Crippen LogP contribution in [-0.2, 0) is 0 Å². The second-order valence-electron chi connectivity index (χ2n) is 7.17. The Labute approximate surface area is 177 Å². The molecule has 0 bridgehead atoms. The predicted octanol–water partition coefficient (Wildman–Crippen LogP) is 5.64. The molecule has 0 saturated heterocycles. The first kappa shape index (κ1) is 20.0. The molecule has 2 heteroatoms. The van der Waals surface area contributed by atoms with Crippen LogP contribution in [0.3, 0.4) is 0 Å². The minimum atomic E-state index is -0.409. The first-order valence-corrected chi connectivity index (χ1v) is 13.0. The fraction of sp³-hybridized carbons (Fsp3) is 0.111. The molecule has 0 aliphatic heterocycles. The van der Waals surface area contributed by atoms with Crippen molar-refractivity contribution in [3.8, 4) is 0 Å². The van der Waals surface area contributed by atoms with Gasteiger partial charge in [-0.05, 0) is 48.9 Å². The van der Waals surface area contributed by atoms with Gasteiger partial charge in [-0.25, -0.2) is 0 Å². The predicted molar refractivity (Wildman–Crippen MR) is 132 cm³/mol.